The number of nitrogens with zero attached hydrogens (tertiary/aromatic N) is 1. The number of hydrogen-bond donors (Lipinski definition) is 0. The van der Waals surface area contributed by atoms with E-state index in [1.807, 2.05) is 0 Å². The second kappa shape index (κ2) is 6.23. The Morgan fingerprint density at radius 1 is 1.22 bits per heavy atom. The summed E-state index contributed by atoms with van der Waals surface area (Å²) in [6.45, 7) is 1.54. The smallest absolute Gasteiger partial charge is 0.417 e. The van der Waals surface area contributed by atoms with E-state index in [4.69, 9.17) is 4.74 Å². The van der Waals surface area contributed by atoms with Crippen molar-refractivity contribution in [3.63, 3.8) is 0 Å². The first kappa shape index (κ1) is 16.7. The number of halogens is 4. The van der Waals surface area contributed by atoms with E-state index in [9.17, 15) is 22.4 Å². The fraction of sp³-hybridized carbons (Fsp3) is 0.200. The van der Waals surface area contributed by atoms with Crippen LogP contribution in [0.15, 0.2) is 30.5 Å². The largest absolute Gasteiger partial charge is 0.465 e. The second-order valence-electron chi connectivity index (χ2n) is 4.58. The molecule has 1 aromatic carbocycles. The molecule has 0 unspecified atom stereocenters. The van der Waals surface area contributed by atoms with E-state index < -0.39 is 29.1 Å². The molecule has 0 saturated carbocycles. The van der Waals surface area contributed by atoms with Crippen LogP contribution in [0.5, 0.6) is 11.6 Å². The van der Waals surface area contributed by atoms with E-state index in [1.54, 1.807) is 6.92 Å². The van der Waals surface area contributed by atoms with Crippen LogP contribution >= 0.6 is 0 Å². The van der Waals surface area contributed by atoms with Crippen molar-refractivity contribution >= 4 is 5.97 Å². The van der Waals surface area contributed by atoms with Crippen LogP contribution in [0.1, 0.15) is 21.5 Å². The molecule has 2 aromatic rings. The maximum Gasteiger partial charge on any atom is 0.417 e. The minimum atomic E-state index is -4.67. The first-order chi connectivity index (χ1) is 10.7. The van der Waals surface area contributed by atoms with E-state index >= 15 is 0 Å². The molecular formula is C15H11F4NO3. The van der Waals surface area contributed by atoms with Gasteiger partial charge in [-0.2, -0.15) is 13.2 Å². The van der Waals surface area contributed by atoms with Crippen LogP contribution in [-0.2, 0) is 10.9 Å². The molecule has 122 valence electrons. The molecule has 0 bridgehead atoms. The van der Waals surface area contributed by atoms with Crippen LogP contribution in [0.4, 0.5) is 17.6 Å². The summed E-state index contributed by atoms with van der Waals surface area (Å²) in [5, 5.41) is 0. The lowest BCUT2D eigenvalue weighted by molar-refractivity contribution is -0.137. The highest BCUT2D eigenvalue weighted by Crippen LogP contribution is 2.33. The molecule has 0 aliphatic rings. The lowest BCUT2D eigenvalue weighted by Gasteiger charge is -2.13. The number of rotatable bonds is 3. The van der Waals surface area contributed by atoms with E-state index in [-0.39, 0.29) is 11.6 Å². The predicted molar refractivity (Wildman–Crippen MR) is 71.8 cm³/mol. The zero-order valence-electron chi connectivity index (χ0n) is 12.1. The van der Waals surface area contributed by atoms with Gasteiger partial charge in [-0.1, -0.05) is 0 Å². The first-order valence-electron chi connectivity index (χ1n) is 6.32. The molecule has 2 rings (SSSR count). The maximum absolute atomic E-state index is 13.1. The summed E-state index contributed by atoms with van der Waals surface area (Å²) in [5.41, 5.74) is -1.20. The van der Waals surface area contributed by atoms with Crippen LogP contribution in [0.2, 0.25) is 0 Å². The summed E-state index contributed by atoms with van der Waals surface area (Å²) in [6, 6.07) is 4.17. The van der Waals surface area contributed by atoms with Crippen molar-refractivity contribution in [3.05, 3.63) is 53.0 Å². The molecule has 0 spiro atoms. The molecule has 0 radical (unpaired) electrons. The Kier molecular flexibility index (Phi) is 4.53. The Hall–Kier alpha value is -2.64. The molecule has 4 nitrogen and oxygen atoms in total. The van der Waals surface area contributed by atoms with Crippen molar-refractivity contribution in [1.29, 1.82) is 0 Å². The summed E-state index contributed by atoms with van der Waals surface area (Å²) in [4.78, 5) is 15.2. The number of aryl methyl sites for hydroxylation is 1. The molecule has 0 fully saturated rings. The van der Waals surface area contributed by atoms with Gasteiger partial charge in [0.2, 0.25) is 5.88 Å². The predicted octanol–water partition coefficient (Wildman–Crippen LogP) is 4.13. The standard InChI is InChI=1S/C15H11F4NO3/c1-8-5-10(16)3-4-12(8)23-13-11(14(21)22-2)6-9(7-20-13)15(17,18)19/h3-7H,1-2H3. The summed E-state index contributed by atoms with van der Waals surface area (Å²) in [7, 11) is 1.02. The third-order valence-corrected chi connectivity index (χ3v) is 2.93. The number of esters is 1. The number of carbonyl (C=O) groups excluding carboxylic acids is 1. The molecular weight excluding hydrogens is 318 g/mol. The summed E-state index contributed by atoms with van der Waals surface area (Å²) < 4.78 is 61.0. The average molecular weight is 329 g/mol. The number of methoxy groups -OCH3 is 1. The average Bonchev–Trinajstić information content (AvgIpc) is 2.48. The minimum absolute atomic E-state index is 0.156. The molecule has 0 N–H and O–H groups in total. The molecule has 0 aliphatic carbocycles. The number of benzene rings is 1. The third-order valence-electron chi connectivity index (χ3n) is 2.93. The highest BCUT2D eigenvalue weighted by molar-refractivity contribution is 5.92. The number of pyridine rings is 1. The summed E-state index contributed by atoms with van der Waals surface area (Å²) in [6.07, 6.45) is -4.12. The zero-order chi connectivity index (χ0) is 17.2. The molecule has 0 aliphatic heterocycles. The van der Waals surface area contributed by atoms with Crippen molar-refractivity contribution in [2.75, 3.05) is 7.11 Å². The van der Waals surface area contributed by atoms with Gasteiger partial charge < -0.3 is 9.47 Å². The molecule has 1 aromatic heterocycles. The molecule has 8 heteroatoms. The number of carbonyl (C=O) groups is 1. The Labute approximate surface area is 128 Å². The molecule has 1 heterocycles. The van der Waals surface area contributed by atoms with Gasteiger partial charge in [0, 0.05) is 6.20 Å². The van der Waals surface area contributed by atoms with Gasteiger partial charge >= 0.3 is 12.1 Å². The van der Waals surface area contributed by atoms with Crippen molar-refractivity contribution in [1.82, 2.24) is 4.98 Å². The molecule has 23 heavy (non-hydrogen) atoms. The summed E-state index contributed by atoms with van der Waals surface area (Å²) >= 11 is 0. The molecule has 0 saturated heterocycles. The third kappa shape index (κ3) is 3.77. The van der Waals surface area contributed by atoms with Crippen molar-refractivity contribution < 1.29 is 31.8 Å². The Bertz CT molecular complexity index is 744. The number of ether oxygens (including phenoxy) is 2. The molecule has 0 atom stereocenters. The SMILES string of the molecule is COC(=O)c1cc(C(F)(F)F)cnc1Oc1ccc(F)cc1C. The zero-order valence-corrected chi connectivity index (χ0v) is 12.1. The van der Waals surface area contributed by atoms with E-state index in [2.05, 4.69) is 9.72 Å². The Balaban J connectivity index is 2.47. The topological polar surface area (TPSA) is 48.4 Å². The monoisotopic (exact) mass is 329 g/mol. The Morgan fingerprint density at radius 2 is 1.91 bits per heavy atom. The van der Waals surface area contributed by atoms with Gasteiger partial charge in [-0.25, -0.2) is 14.2 Å². The van der Waals surface area contributed by atoms with Gasteiger partial charge in [-0.15, -0.1) is 0 Å². The van der Waals surface area contributed by atoms with Gasteiger partial charge in [0.1, 0.15) is 17.1 Å². The van der Waals surface area contributed by atoms with Crippen LogP contribution in [-0.4, -0.2) is 18.1 Å². The van der Waals surface area contributed by atoms with Crippen LogP contribution < -0.4 is 4.74 Å². The fourth-order valence-corrected chi connectivity index (χ4v) is 1.78. The van der Waals surface area contributed by atoms with Crippen LogP contribution in [0.3, 0.4) is 0 Å². The molecule has 0 amide bonds. The van der Waals surface area contributed by atoms with Crippen molar-refractivity contribution in [2.45, 2.75) is 13.1 Å². The first-order valence-corrected chi connectivity index (χ1v) is 6.32. The highest BCUT2D eigenvalue weighted by atomic mass is 19.4. The van der Waals surface area contributed by atoms with Crippen LogP contribution in [0.25, 0.3) is 0 Å². The van der Waals surface area contributed by atoms with Gasteiger partial charge in [0.05, 0.1) is 12.7 Å². The van der Waals surface area contributed by atoms with Crippen molar-refractivity contribution in [3.8, 4) is 11.6 Å². The highest BCUT2D eigenvalue weighted by Gasteiger charge is 2.33. The Morgan fingerprint density at radius 3 is 2.48 bits per heavy atom. The normalized spacial score (nSPS) is 11.2. The van der Waals surface area contributed by atoms with Gasteiger partial charge in [0.25, 0.3) is 0 Å². The minimum Gasteiger partial charge on any atom is -0.465 e. The maximum atomic E-state index is 13.1. The van der Waals surface area contributed by atoms with Gasteiger partial charge in [-0.05, 0) is 36.8 Å². The van der Waals surface area contributed by atoms with Crippen LogP contribution in [0, 0.1) is 12.7 Å². The van der Waals surface area contributed by atoms with Gasteiger partial charge in [-0.3, -0.25) is 0 Å². The number of alkyl halides is 3. The summed E-state index contributed by atoms with van der Waals surface area (Å²) in [5.74, 6) is -1.73. The lowest BCUT2D eigenvalue weighted by Crippen LogP contribution is -2.11. The second-order valence-corrected chi connectivity index (χ2v) is 4.58. The lowest BCUT2D eigenvalue weighted by atomic mass is 10.2. The quantitative estimate of drug-likeness (QED) is 0.628. The van der Waals surface area contributed by atoms with E-state index in [0.717, 1.165) is 13.2 Å². The number of aromatic nitrogens is 1. The van der Waals surface area contributed by atoms with E-state index in [1.165, 1.54) is 12.1 Å². The number of hydrogen-bond acceptors (Lipinski definition) is 4. The van der Waals surface area contributed by atoms with Crippen molar-refractivity contribution in [2.24, 2.45) is 0 Å². The fourth-order valence-electron chi connectivity index (χ4n) is 1.78. The van der Waals surface area contributed by atoms with Gasteiger partial charge in [0.15, 0.2) is 0 Å². The van der Waals surface area contributed by atoms with E-state index in [0.29, 0.717) is 17.8 Å².